The molecule has 1 aromatic heterocycles. The van der Waals surface area contributed by atoms with E-state index in [-0.39, 0.29) is 5.82 Å². The molecule has 1 aliphatic rings. The Labute approximate surface area is 105 Å². The molecule has 2 N–H and O–H groups in total. The molecule has 1 unspecified atom stereocenters. The second-order valence-corrected chi connectivity index (χ2v) is 4.63. The molecule has 0 amide bonds. The smallest absolute Gasteiger partial charge is 0.123 e. The van der Waals surface area contributed by atoms with Gasteiger partial charge in [0, 0.05) is 12.5 Å². The van der Waals surface area contributed by atoms with Crippen LogP contribution < -0.4 is 5.73 Å². The first-order chi connectivity index (χ1) is 8.79. The van der Waals surface area contributed by atoms with Crippen LogP contribution in [0.5, 0.6) is 0 Å². The lowest BCUT2D eigenvalue weighted by molar-refractivity contribution is 0.533. The summed E-state index contributed by atoms with van der Waals surface area (Å²) >= 11 is 0. The Morgan fingerprint density at radius 3 is 2.83 bits per heavy atom. The van der Waals surface area contributed by atoms with Crippen molar-refractivity contribution in [1.82, 2.24) is 15.0 Å². The Bertz CT molecular complexity index is 547. The Morgan fingerprint density at radius 1 is 1.33 bits per heavy atom. The summed E-state index contributed by atoms with van der Waals surface area (Å²) in [6, 6.07) is 6.30. The molecule has 5 heteroatoms. The average molecular weight is 246 g/mol. The van der Waals surface area contributed by atoms with E-state index < -0.39 is 0 Å². The number of benzene rings is 1. The fourth-order valence-corrected chi connectivity index (χ4v) is 2.56. The van der Waals surface area contributed by atoms with Crippen LogP contribution in [0.1, 0.15) is 30.1 Å². The minimum absolute atomic E-state index is 0.247. The van der Waals surface area contributed by atoms with Crippen molar-refractivity contribution in [3.63, 3.8) is 0 Å². The highest BCUT2D eigenvalue weighted by molar-refractivity contribution is 5.35. The van der Waals surface area contributed by atoms with Crippen molar-refractivity contribution < 1.29 is 4.39 Å². The molecule has 0 fully saturated rings. The number of nitrogens with two attached hydrogens (primary N) is 1. The number of rotatable bonds is 2. The third-order valence-corrected chi connectivity index (χ3v) is 3.49. The molecule has 1 atom stereocenters. The maximum absolute atomic E-state index is 12.9. The van der Waals surface area contributed by atoms with Gasteiger partial charge in [-0.1, -0.05) is 5.21 Å². The van der Waals surface area contributed by atoms with Crippen LogP contribution in [0.25, 0.3) is 5.69 Å². The van der Waals surface area contributed by atoms with Gasteiger partial charge in [0.15, 0.2) is 0 Å². The first-order valence-electron chi connectivity index (χ1n) is 6.20. The second-order valence-electron chi connectivity index (χ2n) is 4.63. The van der Waals surface area contributed by atoms with Gasteiger partial charge in [-0.05, 0) is 43.5 Å². The molecule has 4 nitrogen and oxygen atoms in total. The molecule has 0 spiro atoms. The minimum Gasteiger partial charge on any atom is -0.330 e. The number of aryl methyl sites for hydroxylation is 1. The van der Waals surface area contributed by atoms with Crippen molar-refractivity contribution in [2.45, 2.75) is 25.2 Å². The lowest BCUT2D eigenvalue weighted by atomic mass is 9.89. The van der Waals surface area contributed by atoms with Crippen LogP contribution in [0.2, 0.25) is 0 Å². The van der Waals surface area contributed by atoms with Crippen LogP contribution in [-0.4, -0.2) is 21.5 Å². The highest BCUT2D eigenvalue weighted by Crippen LogP contribution is 2.30. The molecule has 0 radical (unpaired) electrons. The van der Waals surface area contributed by atoms with E-state index in [1.165, 1.54) is 12.1 Å². The van der Waals surface area contributed by atoms with Gasteiger partial charge in [0.25, 0.3) is 0 Å². The van der Waals surface area contributed by atoms with Crippen molar-refractivity contribution in [2.75, 3.05) is 6.54 Å². The molecular formula is C13H15FN4. The second kappa shape index (κ2) is 4.49. The molecular weight excluding hydrogens is 231 g/mol. The summed E-state index contributed by atoms with van der Waals surface area (Å²) in [6.45, 7) is 0.599. The van der Waals surface area contributed by atoms with E-state index in [0.717, 1.165) is 36.3 Å². The zero-order valence-corrected chi connectivity index (χ0v) is 10.0. The van der Waals surface area contributed by atoms with Crippen LogP contribution in [0.4, 0.5) is 4.39 Å². The fraction of sp³-hybridized carbons (Fsp3) is 0.385. The first kappa shape index (κ1) is 11.3. The van der Waals surface area contributed by atoms with E-state index >= 15 is 0 Å². The third-order valence-electron chi connectivity index (χ3n) is 3.49. The quantitative estimate of drug-likeness (QED) is 0.878. The molecule has 18 heavy (non-hydrogen) atoms. The largest absolute Gasteiger partial charge is 0.330 e. The van der Waals surface area contributed by atoms with Gasteiger partial charge in [0.1, 0.15) is 5.82 Å². The number of nitrogens with zero attached hydrogens (tertiary/aromatic N) is 3. The van der Waals surface area contributed by atoms with E-state index in [0.29, 0.717) is 12.5 Å². The number of fused-ring (bicyclic) bond motifs is 1. The Balaban J connectivity index is 2.08. The molecule has 1 aromatic carbocycles. The summed E-state index contributed by atoms with van der Waals surface area (Å²) in [7, 11) is 0. The van der Waals surface area contributed by atoms with Crippen LogP contribution in [0, 0.1) is 5.82 Å². The van der Waals surface area contributed by atoms with Crippen LogP contribution in [-0.2, 0) is 6.42 Å². The van der Waals surface area contributed by atoms with Crippen LogP contribution in [0.3, 0.4) is 0 Å². The molecule has 0 saturated heterocycles. The van der Waals surface area contributed by atoms with Crippen molar-refractivity contribution in [2.24, 2.45) is 5.73 Å². The van der Waals surface area contributed by atoms with Gasteiger partial charge in [0.05, 0.1) is 17.1 Å². The Kier molecular flexibility index (Phi) is 2.83. The van der Waals surface area contributed by atoms with E-state index in [9.17, 15) is 4.39 Å². The Morgan fingerprint density at radius 2 is 2.11 bits per heavy atom. The zero-order valence-electron chi connectivity index (χ0n) is 10.0. The van der Waals surface area contributed by atoms with Gasteiger partial charge in [0.2, 0.25) is 0 Å². The molecule has 1 heterocycles. The lowest BCUT2D eigenvalue weighted by Gasteiger charge is -2.21. The Hall–Kier alpha value is -1.75. The van der Waals surface area contributed by atoms with Gasteiger partial charge in [-0.25, -0.2) is 9.07 Å². The number of hydrogen-bond acceptors (Lipinski definition) is 3. The summed E-state index contributed by atoms with van der Waals surface area (Å²) in [5.41, 5.74) is 8.78. The van der Waals surface area contributed by atoms with Gasteiger partial charge in [-0.3, -0.25) is 0 Å². The third kappa shape index (κ3) is 1.80. The molecule has 0 aliphatic heterocycles. The first-order valence-corrected chi connectivity index (χ1v) is 6.20. The molecule has 0 saturated carbocycles. The van der Waals surface area contributed by atoms with Gasteiger partial charge in [-0.15, -0.1) is 5.10 Å². The minimum atomic E-state index is -0.247. The summed E-state index contributed by atoms with van der Waals surface area (Å²) < 4.78 is 14.7. The summed E-state index contributed by atoms with van der Waals surface area (Å²) in [6.07, 6.45) is 3.13. The van der Waals surface area contributed by atoms with Crippen LogP contribution >= 0.6 is 0 Å². The summed E-state index contributed by atoms with van der Waals surface area (Å²) in [4.78, 5) is 0. The number of halogens is 1. The fourth-order valence-electron chi connectivity index (χ4n) is 2.56. The lowest BCUT2D eigenvalue weighted by Crippen LogP contribution is -2.21. The summed E-state index contributed by atoms with van der Waals surface area (Å²) in [5.74, 6) is 0.0527. The SMILES string of the molecule is NCC1CCCc2nnn(-c3ccc(F)cc3)c21. The summed E-state index contributed by atoms with van der Waals surface area (Å²) in [5, 5.41) is 8.40. The molecule has 94 valence electrons. The van der Waals surface area contributed by atoms with E-state index in [4.69, 9.17) is 5.73 Å². The molecule has 3 rings (SSSR count). The van der Waals surface area contributed by atoms with Gasteiger partial charge < -0.3 is 5.73 Å². The zero-order chi connectivity index (χ0) is 12.5. The van der Waals surface area contributed by atoms with Gasteiger partial charge in [-0.2, -0.15) is 0 Å². The van der Waals surface area contributed by atoms with E-state index in [2.05, 4.69) is 10.3 Å². The molecule has 1 aliphatic carbocycles. The van der Waals surface area contributed by atoms with Crippen molar-refractivity contribution in [3.8, 4) is 5.69 Å². The highest BCUT2D eigenvalue weighted by Gasteiger charge is 2.25. The van der Waals surface area contributed by atoms with Gasteiger partial charge >= 0.3 is 0 Å². The normalized spacial score (nSPS) is 18.7. The topological polar surface area (TPSA) is 56.7 Å². The van der Waals surface area contributed by atoms with E-state index in [1.807, 2.05) is 0 Å². The predicted molar refractivity (Wildman–Crippen MR) is 66.1 cm³/mol. The van der Waals surface area contributed by atoms with Crippen molar-refractivity contribution >= 4 is 0 Å². The van der Waals surface area contributed by atoms with Crippen molar-refractivity contribution in [1.29, 1.82) is 0 Å². The number of hydrogen-bond donors (Lipinski definition) is 1. The maximum Gasteiger partial charge on any atom is 0.123 e. The average Bonchev–Trinajstić information content (AvgIpc) is 2.83. The standard InChI is InChI=1S/C13H15FN4/c14-10-4-6-11(7-5-10)18-13-9(8-15)2-1-3-12(13)16-17-18/h4-7,9H,1-3,8,15H2. The number of aromatic nitrogens is 3. The monoisotopic (exact) mass is 246 g/mol. The van der Waals surface area contributed by atoms with Crippen molar-refractivity contribution in [3.05, 3.63) is 41.5 Å². The molecule has 0 bridgehead atoms. The predicted octanol–water partition coefficient (Wildman–Crippen LogP) is 1.78. The maximum atomic E-state index is 12.9. The van der Waals surface area contributed by atoms with Crippen LogP contribution in [0.15, 0.2) is 24.3 Å². The molecule has 2 aromatic rings. The van der Waals surface area contributed by atoms with E-state index in [1.54, 1.807) is 16.8 Å². The highest BCUT2D eigenvalue weighted by atomic mass is 19.1.